The SMILES string of the molecule is COc1ccc(OC2CCN(c3nnc(C(=O)NCc4ccc5c(c4)CCO5)cc3C)CC2)cn1. The Morgan fingerprint density at radius 1 is 1.17 bits per heavy atom. The average molecular weight is 476 g/mol. The van der Waals surface area contributed by atoms with Crippen LogP contribution in [0.15, 0.2) is 42.6 Å². The number of ether oxygens (including phenoxy) is 3. The van der Waals surface area contributed by atoms with Gasteiger partial charge in [-0.05, 0) is 41.8 Å². The smallest absolute Gasteiger partial charge is 0.272 e. The molecule has 0 spiro atoms. The summed E-state index contributed by atoms with van der Waals surface area (Å²) in [5.41, 5.74) is 3.48. The molecule has 35 heavy (non-hydrogen) atoms. The first-order valence-corrected chi connectivity index (χ1v) is 11.9. The summed E-state index contributed by atoms with van der Waals surface area (Å²) in [5, 5.41) is 11.5. The van der Waals surface area contributed by atoms with E-state index in [4.69, 9.17) is 14.2 Å². The molecule has 0 atom stereocenters. The fraction of sp³-hybridized carbons (Fsp3) is 0.385. The van der Waals surface area contributed by atoms with E-state index >= 15 is 0 Å². The van der Waals surface area contributed by atoms with Gasteiger partial charge in [0.1, 0.15) is 17.6 Å². The summed E-state index contributed by atoms with van der Waals surface area (Å²) in [6.07, 6.45) is 4.43. The number of methoxy groups -OCH3 is 1. The minimum atomic E-state index is -0.232. The molecule has 9 nitrogen and oxygen atoms in total. The van der Waals surface area contributed by atoms with Gasteiger partial charge in [0, 0.05) is 45.0 Å². The third-order valence-corrected chi connectivity index (χ3v) is 6.36. The fourth-order valence-corrected chi connectivity index (χ4v) is 4.46. The molecular weight excluding hydrogens is 446 g/mol. The highest BCUT2D eigenvalue weighted by molar-refractivity contribution is 5.92. The van der Waals surface area contributed by atoms with Crippen molar-refractivity contribution in [3.63, 3.8) is 0 Å². The number of piperidine rings is 1. The van der Waals surface area contributed by atoms with Crippen molar-refractivity contribution in [3.8, 4) is 17.4 Å². The van der Waals surface area contributed by atoms with E-state index in [-0.39, 0.29) is 12.0 Å². The van der Waals surface area contributed by atoms with Crippen molar-refractivity contribution < 1.29 is 19.0 Å². The summed E-state index contributed by atoms with van der Waals surface area (Å²) < 4.78 is 16.7. The van der Waals surface area contributed by atoms with Crippen molar-refractivity contribution in [3.05, 3.63) is 65.0 Å². The van der Waals surface area contributed by atoms with E-state index in [9.17, 15) is 4.79 Å². The maximum absolute atomic E-state index is 12.7. The topological polar surface area (TPSA) is 98.7 Å². The normalized spacial score (nSPS) is 15.3. The molecule has 3 aromatic rings. The molecule has 0 unspecified atom stereocenters. The van der Waals surface area contributed by atoms with Gasteiger partial charge < -0.3 is 24.4 Å². The molecule has 5 rings (SSSR count). The highest BCUT2D eigenvalue weighted by Gasteiger charge is 2.24. The summed E-state index contributed by atoms with van der Waals surface area (Å²) in [7, 11) is 1.59. The van der Waals surface area contributed by atoms with Crippen molar-refractivity contribution in [2.75, 3.05) is 31.7 Å². The first-order valence-electron chi connectivity index (χ1n) is 11.9. The Balaban J connectivity index is 1.14. The number of hydrogen-bond donors (Lipinski definition) is 1. The quantitative estimate of drug-likeness (QED) is 0.557. The number of amides is 1. The maximum Gasteiger partial charge on any atom is 0.272 e. The third-order valence-electron chi connectivity index (χ3n) is 6.36. The molecule has 0 bridgehead atoms. The molecule has 0 radical (unpaired) electrons. The summed E-state index contributed by atoms with van der Waals surface area (Å²) in [5.74, 6) is 2.82. The van der Waals surface area contributed by atoms with E-state index < -0.39 is 0 Å². The number of aryl methyl sites for hydroxylation is 1. The molecule has 2 aliphatic rings. The Bertz CT molecular complexity index is 1190. The number of benzene rings is 1. The molecule has 0 aliphatic carbocycles. The lowest BCUT2D eigenvalue weighted by Crippen LogP contribution is -2.39. The molecule has 1 saturated heterocycles. The molecule has 182 valence electrons. The zero-order valence-corrected chi connectivity index (χ0v) is 20.0. The van der Waals surface area contributed by atoms with Crippen molar-refractivity contribution in [1.82, 2.24) is 20.5 Å². The van der Waals surface area contributed by atoms with Crippen LogP contribution >= 0.6 is 0 Å². The zero-order valence-electron chi connectivity index (χ0n) is 20.0. The van der Waals surface area contributed by atoms with Crippen LogP contribution in [-0.2, 0) is 13.0 Å². The van der Waals surface area contributed by atoms with Crippen molar-refractivity contribution in [1.29, 1.82) is 0 Å². The largest absolute Gasteiger partial charge is 0.493 e. The number of anilines is 1. The average Bonchev–Trinajstić information content (AvgIpc) is 3.36. The van der Waals surface area contributed by atoms with Crippen LogP contribution in [0.2, 0.25) is 0 Å². The van der Waals surface area contributed by atoms with Gasteiger partial charge in [-0.15, -0.1) is 10.2 Å². The van der Waals surface area contributed by atoms with Gasteiger partial charge in [-0.25, -0.2) is 4.98 Å². The number of aromatic nitrogens is 3. The summed E-state index contributed by atoms with van der Waals surface area (Å²) in [4.78, 5) is 19.1. The van der Waals surface area contributed by atoms with Gasteiger partial charge in [0.15, 0.2) is 11.5 Å². The van der Waals surface area contributed by atoms with Crippen LogP contribution in [0.5, 0.6) is 17.4 Å². The van der Waals surface area contributed by atoms with Gasteiger partial charge in [0.2, 0.25) is 5.88 Å². The summed E-state index contributed by atoms with van der Waals surface area (Å²) in [6, 6.07) is 11.5. The summed E-state index contributed by atoms with van der Waals surface area (Å²) in [6.45, 7) is 4.73. The number of carbonyl (C=O) groups excluding carboxylic acids is 1. The Labute approximate surface area is 204 Å². The fourth-order valence-electron chi connectivity index (χ4n) is 4.46. The van der Waals surface area contributed by atoms with E-state index in [0.29, 0.717) is 18.1 Å². The van der Waals surface area contributed by atoms with Crippen LogP contribution in [-0.4, -0.2) is 54.0 Å². The molecular formula is C26H29N5O4. The number of rotatable bonds is 7. The van der Waals surface area contributed by atoms with Gasteiger partial charge >= 0.3 is 0 Å². The predicted molar refractivity (Wildman–Crippen MR) is 130 cm³/mol. The van der Waals surface area contributed by atoms with Crippen molar-refractivity contribution in [2.45, 2.75) is 38.8 Å². The Kier molecular flexibility index (Phi) is 6.65. The highest BCUT2D eigenvalue weighted by Crippen LogP contribution is 2.26. The predicted octanol–water partition coefficient (Wildman–Crippen LogP) is 3.10. The summed E-state index contributed by atoms with van der Waals surface area (Å²) >= 11 is 0. The first kappa shape index (κ1) is 22.9. The molecule has 1 fully saturated rings. The monoisotopic (exact) mass is 475 g/mol. The molecule has 9 heteroatoms. The molecule has 2 aliphatic heterocycles. The van der Waals surface area contributed by atoms with Crippen molar-refractivity contribution in [2.24, 2.45) is 0 Å². The second-order valence-corrected chi connectivity index (χ2v) is 8.80. The lowest BCUT2D eigenvalue weighted by molar-refractivity contribution is 0.0945. The second kappa shape index (κ2) is 10.2. The van der Waals surface area contributed by atoms with Gasteiger partial charge in [0.25, 0.3) is 5.91 Å². The number of hydrogen-bond acceptors (Lipinski definition) is 8. The lowest BCUT2D eigenvalue weighted by Gasteiger charge is -2.33. The highest BCUT2D eigenvalue weighted by atomic mass is 16.5. The van der Waals surface area contributed by atoms with Crippen LogP contribution in [0.3, 0.4) is 0 Å². The van der Waals surface area contributed by atoms with E-state index in [1.807, 2.05) is 25.1 Å². The third kappa shape index (κ3) is 5.29. The van der Waals surface area contributed by atoms with Crippen LogP contribution in [0.4, 0.5) is 5.82 Å². The van der Waals surface area contributed by atoms with E-state index in [1.54, 1.807) is 25.4 Å². The minimum Gasteiger partial charge on any atom is -0.493 e. The molecule has 2 aromatic heterocycles. The number of fused-ring (bicyclic) bond motifs is 1. The Morgan fingerprint density at radius 3 is 2.77 bits per heavy atom. The number of nitrogens with zero attached hydrogens (tertiary/aromatic N) is 4. The molecule has 1 N–H and O–H groups in total. The van der Waals surface area contributed by atoms with Gasteiger partial charge in [-0.2, -0.15) is 0 Å². The van der Waals surface area contributed by atoms with Gasteiger partial charge in [0.05, 0.1) is 19.9 Å². The molecule has 1 aromatic carbocycles. The van der Waals surface area contributed by atoms with Crippen LogP contribution in [0, 0.1) is 6.92 Å². The zero-order chi connectivity index (χ0) is 24.2. The molecule has 0 saturated carbocycles. The minimum absolute atomic E-state index is 0.116. The first-order chi connectivity index (χ1) is 17.1. The number of carbonyl (C=O) groups is 1. The number of nitrogens with one attached hydrogen (secondary N) is 1. The second-order valence-electron chi connectivity index (χ2n) is 8.80. The van der Waals surface area contributed by atoms with Gasteiger partial charge in [-0.3, -0.25) is 4.79 Å². The standard InChI is InChI=1S/C26H29N5O4/c1-17-13-22(26(32)28-15-18-3-5-23-19(14-18)9-12-34-23)29-30-25(17)31-10-7-20(8-11-31)35-21-4-6-24(33-2)27-16-21/h3-6,13-14,16,20H,7-12,15H2,1-2H3,(H,28,32). The molecule has 1 amide bonds. The van der Waals surface area contributed by atoms with E-state index in [0.717, 1.165) is 67.4 Å². The Morgan fingerprint density at radius 2 is 2.03 bits per heavy atom. The van der Waals surface area contributed by atoms with E-state index in [2.05, 4.69) is 31.5 Å². The van der Waals surface area contributed by atoms with Crippen LogP contribution in [0.25, 0.3) is 0 Å². The lowest BCUT2D eigenvalue weighted by atomic mass is 10.1. The van der Waals surface area contributed by atoms with E-state index in [1.165, 1.54) is 5.56 Å². The van der Waals surface area contributed by atoms with Crippen LogP contribution < -0.4 is 24.4 Å². The molecule has 4 heterocycles. The number of pyridine rings is 1. The Hall–Kier alpha value is -3.88. The van der Waals surface area contributed by atoms with Gasteiger partial charge in [-0.1, -0.05) is 12.1 Å². The van der Waals surface area contributed by atoms with Crippen molar-refractivity contribution >= 4 is 11.7 Å². The maximum atomic E-state index is 12.7. The van der Waals surface area contributed by atoms with Crippen LogP contribution in [0.1, 0.15) is 40.0 Å².